The molecular weight excluding hydrogens is 265 g/mol. The zero-order valence-corrected chi connectivity index (χ0v) is 13.2. The zero-order valence-electron chi connectivity index (χ0n) is 11.3. The van der Waals surface area contributed by atoms with Crippen LogP contribution in [0.3, 0.4) is 0 Å². The molecule has 0 saturated carbocycles. The van der Waals surface area contributed by atoms with Crippen LogP contribution >= 0.6 is 20.8 Å². The minimum atomic E-state index is -0.175. The first-order valence-electron chi connectivity index (χ1n) is 5.82. The second-order valence-corrected chi connectivity index (χ2v) is 6.22. The van der Waals surface area contributed by atoms with Gasteiger partial charge in [0.25, 0.3) is 0 Å². The van der Waals surface area contributed by atoms with E-state index in [-0.39, 0.29) is 11.5 Å². The molecule has 0 N–H and O–H groups in total. The molecule has 1 heterocycles. The Balaban J connectivity index is 2.94. The van der Waals surface area contributed by atoms with Crippen LogP contribution in [0.1, 0.15) is 37.9 Å². The van der Waals surface area contributed by atoms with Crippen LogP contribution in [-0.4, -0.2) is 17.4 Å². The predicted octanol–water partition coefficient (Wildman–Crippen LogP) is 3.44. The molecule has 0 aliphatic heterocycles. The van der Waals surface area contributed by atoms with Crippen molar-refractivity contribution >= 4 is 27.1 Å². The predicted molar refractivity (Wildman–Crippen MR) is 78.9 cm³/mol. The third kappa shape index (κ3) is 3.98. The Kier molecular flexibility index (Phi) is 5.64. The van der Waals surface area contributed by atoms with Gasteiger partial charge in [0.1, 0.15) is 6.29 Å². The normalized spacial score (nSPS) is 14.6. The van der Waals surface area contributed by atoms with Gasteiger partial charge in [-0.15, -0.1) is 11.3 Å². The molecule has 0 aliphatic carbocycles. The molecule has 100 valence electrons. The number of aldehydes is 1. The Morgan fingerprint density at radius 2 is 2.33 bits per heavy atom. The molecule has 0 bridgehead atoms. The molecule has 0 radical (unpaired) electrons. The van der Waals surface area contributed by atoms with Crippen LogP contribution in [-0.2, 0) is 14.7 Å². The van der Waals surface area contributed by atoms with Crippen molar-refractivity contribution in [3.63, 3.8) is 0 Å². The van der Waals surface area contributed by atoms with E-state index in [4.69, 9.17) is 4.52 Å². The number of thiazole rings is 1. The van der Waals surface area contributed by atoms with Crippen LogP contribution in [0.25, 0.3) is 0 Å². The third-order valence-corrected chi connectivity index (χ3v) is 3.95. The van der Waals surface area contributed by atoms with Crippen molar-refractivity contribution in [2.75, 3.05) is 0 Å². The summed E-state index contributed by atoms with van der Waals surface area (Å²) in [5.74, 6) is 0. The van der Waals surface area contributed by atoms with Gasteiger partial charge in [0, 0.05) is 26.7 Å². The Morgan fingerprint density at radius 3 is 2.78 bits per heavy atom. The van der Waals surface area contributed by atoms with Crippen LogP contribution in [0.4, 0.5) is 0 Å². The first-order chi connectivity index (χ1) is 8.40. The van der Waals surface area contributed by atoms with Gasteiger partial charge in [-0.05, 0) is 19.4 Å². The Bertz CT molecular complexity index is 440. The Morgan fingerprint density at radius 1 is 1.67 bits per heavy atom. The largest absolute Gasteiger partial charge is 0.358 e. The van der Waals surface area contributed by atoms with E-state index >= 15 is 0 Å². The van der Waals surface area contributed by atoms with Gasteiger partial charge < -0.3 is 9.32 Å². The van der Waals surface area contributed by atoms with Crippen molar-refractivity contribution in [3.05, 3.63) is 27.7 Å². The maximum Gasteiger partial charge on any atom is 0.122 e. The highest BCUT2D eigenvalue weighted by Crippen LogP contribution is 2.28. The van der Waals surface area contributed by atoms with E-state index in [9.17, 15) is 4.79 Å². The zero-order chi connectivity index (χ0) is 13.8. The van der Waals surface area contributed by atoms with Gasteiger partial charge in [0.2, 0.25) is 0 Å². The van der Waals surface area contributed by atoms with Crippen LogP contribution in [0.15, 0.2) is 17.0 Å². The fourth-order valence-electron chi connectivity index (χ4n) is 1.83. The summed E-state index contributed by atoms with van der Waals surface area (Å²) in [6, 6.07) is 0. The Hall–Kier alpha value is -0.570. The van der Waals surface area contributed by atoms with E-state index < -0.39 is 0 Å². The standard InChI is InChI=1S/C13H20NO2PS/c1-9(11(16-17)5-6-15)7-13(3,4)12-8-18-10(2)14-12/h6-8,11H,5,17H2,1-4H3/b9-7+/t11-/m1/s1. The van der Waals surface area contributed by atoms with Gasteiger partial charge in [-0.1, -0.05) is 19.9 Å². The van der Waals surface area contributed by atoms with Crippen molar-refractivity contribution in [1.82, 2.24) is 4.98 Å². The van der Waals surface area contributed by atoms with Crippen molar-refractivity contribution in [2.45, 2.75) is 45.6 Å². The van der Waals surface area contributed by atoms with Crippen LogP contribution in [0.2, 0.25) is 0 Å². The number of allylic oxidation sites excluding steroid dienone is 1. The highest BCUT2D eigenvalue weighted by Gasteiger charge is 2.22. The number of nitrogens with zero attached hydrogens (tertiary/aromatic N) is 1. The number of aryl methyl sites for hydroxylation is 1. The molecule has 1 aromatic heterocycles. The maximum absolute atomic E-state index is 10.6. The fraction of sp³-hybridized carbons (Fsp3) is 0.538. The van der Waals surface area contributed by atoms with Gasteiger partial charge in [0.15, 0.2) is 0 Å². The number of carbonyl (C=O) groups is 1. The van der Waals surface area contributed by atoms with Crippen LogP contribution < -0.4 is 0 Å². The third-order valence-electron chi connectivity index (χ3n) is 2.85. The van der Waals surface area contributed by atoms with Gasteiger partial charge in [0.05, 0.1) is 16.8 Å². The molecule has 1 rings (SSSR count). The molecule has 5 heteroatoms. The van der Waals surface area contributed by atoms with Gasteiger partial charge in [-0.2, -0.15) is 0 Å². The summed E-state index contributed by atoms with van der Waals surface area (Å²) in [6.07, 6.45) is 3.20. The van der Waals surface area contributed by atoms with Gasteiger partial charge in [-0.3, -0.25) is 0 Å². The number of hydrogen-bond acceptors (Lipinski definition) is 4. The average molecular weight is 285 g/mol. The molecule has 0 saturated heterocycles. The summed E-state index contributed by atoms with van der Waals surface area (Å²) in [6.45, 7) is 8.22. The highest BCUT2D eigenvalue weighted by atomic mass is 32.1. The highest BCUT2D eigenvalue weighted by molar-refractivity contribution is 7.10. The Labute approximate surface area is 115 Å². The smallest absolute Gasteiger partial charge is 0.122 e. The van der Waals surface area contributed by atoms with Crippen LogP contribution in [0.5, 0.6) is 0 Å². The van der Waals surface area contributed by atoms with E-state index in [0.717, 1.165) is 22.6 Å². The molecule has 18 heavy (non-hydrogen) atoms. The summed E-state index contributed by atoms with van der Waals surface area (Å²) in [4.78, 5) is 15.1. The molecule has 0 aliphatic rings. The molecule has 0 aromatic carbocycles. The van der Waals surface area contributed by atoms with E-state index in [1.165, 1.54) is 0 Å². The molecule has 0 amide bonds. The summed E-state index contributed by atoms with van der Waals surface area (Å²) in [7, 11) is 2.23. The molecule has 0 spiro atoms. The van der Waals surface area contributed by atoms with Crippen LogP contribution in [0, 0.1) is 6.92 Å². The van der Waals surface area contributed by atoms with Crippen molar-refractivity contribution < 1.29 is 9.32 Å². The molecule has 2 atom stereocenters. The second-order valence-electron chi connectivity index (χ2n) is 4.89. The SMILES string of the molecule is C/C(=C\C(C)(C)c1csc(C)n1)[C@@H](CC=O)OP. The summed E-state index contributed by atoms with van der Waals surface area (Å²) in [5, 5.41) is 3.14. The first kappa shape index (κ1) is 15.5. The number of carbonyl (C=O) groups excluding carboxylic acids is 1. The van der Waals surface area contributed by atoms with Gasteiger partial charge >= 0.3 is 0 Å². The lowest BCUT2D eigenvalue weighted by molar-refractivity contribution is -0.108. The van der Waals surface area contributed by atoms with E-state index in [0.29, 0.717) is 6.42 Å². The summed E-state index contributed by atoms with van der Waals surface area (Å²) < 4.78 is 5.24. The fourth-order valence-corrected chi connectivity index (χ4v) is 2.95. The lowest BCUT2D eigenvalue weighted by Gasteiger charge is -2.22. The molecule has 3 nitrogen and oxygen atoms in total. The van der Waals surface area contributed by atoms with Crippen molar-refractivity contribution in [3.8, 4) is 0 Å². The number of aromatic nitrogens is 1. The van der Waals surface area contributed by atoms with E-state index in [1.807, 2.05) is 13.8 Å². The molecule has 0 fully saturated rings. The first-order valence-corrected chi connectivity index (χ1v) is 7.17. The number of rotatable bonds is 6. The maximum atomic E-state index is 10.6. The number of hydrogen-bond donors (Lipinski definition) is 0. The van der Waals surface area contributed by atoms with Crippen molar-refractivity contribution in [2.24, 2.45) is 0 Å². The summed E-state index contributed by atoms with van der Waals surface area (Å²) in [5.41, 5.74) is 1.95. The van der Waals surface area contributed by atoms with E-state index in [1.54, 1.807) is 11.3 Å². The topological polar surface area (TPSA) is 39.2 Å². The second kappa shape index (κ2) is 6.55. The minimum absolute atomic E-state index is 0.154. The lowest BCUT2D eigenvalue weighted by Crippen LogP contribution is -2.19. The lowest BCUT2D eigenvalue weighted by atomic mass is 9.86. The molecule has 1 unspecified atom stereocenters. The average Bonchev–Trinajstić information content (AvgIpc) is 2.72. The van der Waals surface area contributed by atoms with E-state index in [2.05, 4.69) is 39.8 Å². The quantitative estimate of drug-likeness (QED) is 0.456. The summed E-state index contributed by atoms with van der Waals surface area (Å²) >= 11 is 1.65. The minimum Gasteiger partial charge on any atom is -0.358 e. The monoisotopic (exact) mass is 285 g/mol. The van der Waals surface area contributed by atoms with Gasteiger partial charge in [-0.25, -0.2) is 4.98 Å². The molecule has 1 aromatic rings. The molecular formula is C13H20NO2PS. The van der Waals surface area contributed by atoms with Crippen molar-refractivity contribution in [1.29, 1.82) is 0 Å².